The first-order chi connectivity index (χ1) is 8.67. The van der Waals surface area contributed by atoms with Crippen molar-refractivity contribution in [3.05, 3.63) is 23.0 Å². The number of alkyl halides is 6. The van der Waals surface area contributed by atoms with Crippen LogP contribution in [-0.2, 0) is 5.33 Å². The highest BCUT2D eigenvalue weighted by atomic mass is 79.9. The van der Waals surface area contributed by atoms with E-state index < -0.39 is 41.3 Å². The number of nitrogens with zero attached hydrogens (tertiary/aromatic N) is 1. The van der Waals surface area contributed by atoms with E-state index in [-0.39, 0.29) is 5.33 Å². The molecule has 0 amide bonds. The molecule has 1 N–H and O–H groups in total. The van der Waals surface area contributed by atoms with Gasteiger partial charge in [0.25, 0.3) is 6.43 Å². The van der Waals surface area contributed by atoms with Crippen molar-refractivity contribution >= 4 is 21.9 Å². The van der Waals surface area contributed by atoms with Gasteiger partial charge in [0.15, 0.2) is 5.75 Å². The van der Waals surface area contributed by atoms with Crippen molar-refractivity contribution in [2.75, 3.05) is 0 Å². The van der Waals surface area contributed by atoms with Crippen molar-refractivity contribution in [1.82, 2.24) is 4.98 Å². The Kier molecular flexibility index (Phi) is 4.66. The number of ether oxygens (including phenoxy) is 1. The molecule has 0 aliphatic carbocycles. The van der Waals surface area contributed by atoms with E-state index in [1.54, 1.807) is 0 Å². The summed E-state index contributed by atoms with van der Waals surface area (Å²) in [5.74, 6) is -3.12. The van der Waals surface area contributed by atoms with E-state index in [1.807, 2.05) is 0 Å². The van der Waals surface area contributed by atoms with Crippen LogP contribution in [0.3, 0.4) is 0 Å². The molecular formula is C9H5BrF5NO3. The van der Waals surface area contributed by atoms with E-state index in [1.165, 1.54) is 0 Å². The highest BCUT2D eigenvalue weighted by Crippen LogP contribution is 2.38. The monoisotopic (exact) mass is 349 g/mol. The number of halogens is 6. The van der Waals surface area contributed by atoms with Crippen LogP contribution < -0.4 is 4.74 Å². The molecule has 0 atom stereocenters. The number of carboxylic acids is 1. The minimum absolute atomic E-state index is 0.308. The Morgan fingerprint density at radius 1 is 1.47 bits per heavy atom. The zero-order valence-electron chi connectivity index (χ0n) is 8.84. The topological polar surface area (TPSA) is 59.4 Å². The van der Waals surface area contributed by atoms with E-state index in [2.05, 4.69) is 25.7 Å². The van der Waals surface area contributed by atoms with Crippen LogP contribution in [0.15, 0.2) is 6.20 Å². The van der Waals surface area contributed by atoms with Crippen molar-refractivity contribution in [1.29, 1.82) is 0 Å². The van der Waals surface area contributed by atoms with Gasteiger partial charge in [-0.25, -0.2) is 13.6 Å². The standard InChI is InChI=1S/C9H5BrF5NO3/c10-1-4-6(19-9(13,14)15)5(7(11)12)3(2-16-4)8(17)18/h2,7H,1H2,(H,17,18). The van der Waals surface area contributed by atoms with Crippen LogP contribution in [0.4, 0.5) is 22.0 Å². The lowest BCUT2D eigenvalue weighted by Crippen LogP contribution is -2.21. The van der Waals surface area contributed by atoms with Crippen molar-refractivity contribution in [3.63, 3.8) is 0 Å². The first kappa shape index (κ1) is 15.6. The zero-order valence-corrected chi connectivity index (χ0v) is 10.4. The van der Waals surface area contributed by atoms with Gasteiger partial charge in [0.05, 0.1) is 16.8 Å². The average Bonchev–Trinajstić information content (AvgIpc) is 2.25. The van der Waals surface area contributed by atoms with Crippen molar-refractivity contribution in [3.8, 4) is 5.75 Å². The Balaban J connectivity index is 3.52. The van der Waals surface area contributed by atoms with E-state index in [0.29, 0.717) is 6.20 Å². The summed E-state index contributed by atoms with van der Waals surface area (Å²) in [5, 5.41) is 8.37. The molecule has 106 valence electrons. The number of aromatic carboxylic acids is 1. The van der Waals surface area contributed by atoms with Gasteiger partial charge in [0.2, 0.25) is 0 Å². The minimum Gasteiger partial charge on any atom is -0.478 e. The number of aromatic nitrogens is 1. The van der Waals surface area contributed by atoms with Crippen LogP contribution in [0.2, 0.25) is 0 Å². The number of rotatable bonds is 4. The van der Waals surface area contributed by atoms with Crippen LogP contribution in [0.25, 0.3) is 0 Å². The van der Waals surface area contributed by atoms with Crippen molar-refractivity contribution < 1.29 is 36.6 Å². The summed E-state index contributed by atoms with van der Waals surface area (Å²) in [6.45, 7) is 0. The molecular weight excluding hydrogens is 345 g/mol. The second-order valence-corrected chi connectivity index (χ2v) is 3.71. The molecule has 1 rings (SSSR count). The van der Waals surface area contributed by atoms with Gasteiger partial charge in [-0.2, -0.15) is 0 Å². The Morgan fingerprint density at radius 2 is 2.05 bits per heavy atom. The molecule has 10 heteroatoms. The predicted octanol–water partition coefficient (Wildman–Crippen LogP) is 3.51. The lowest BCUT2D eigenvalue weighted by molar-refractivity contribution is -0.275. The number of carboxylic acid groups (broad SMARTS) is 1. The Hall–Kier alpha value is -1.45. The Morgan fingerprint density at radius 3 is 2.42 bits per heavy atom. The molecule has 0 aliphatic rings. The lowest BCUT2D eigenvalue weighted by atomic mass is 10.1. The number of carbonyl (C=O) groups is 1. The molecule has 0 saturated heterocycles. The lowest BCUT2D eigenvalue weighted by Gasteiger charge is -2.16. The van der Waals surface area contributed by atoms with E-state index in [0.717, 1.165) is 0 Å². The average molecular weight is 350 g/mol. The Labute approximate surface area is 111 Å². The van der Waals surface area contributed by atoms with Crippen molar-refractivity contribution in [2.24, 2.45) is 0 Å². The third-order valence-corrected chi connectivity index (χ3v) is 2.47. The molecule has 4 nitrogen and oxygen atoms in total. The normalized spacial score (nSPS) is 11.7. The predicted molar refractivity (Wildman–Crippen MR) is 55.5 cm³/mol. The first-order valence-electron chi connectivity index (χ1n) is 4.52. The first-order valence-corrected chi connectivity index (χ1v) is 5.64. The molecule has 19 heavy (non-hydrogen) atoms. The van der Waals surface area contributed by atoms with Gasteiger partial charge in [-0.05, 0) is 0 Å². The Bertz CT molecular complexity index is 491. The fourth-order valence-corrected chi connectivity index (χ4v) is 1.66. The largest absolute Gasteiger partial charge is 0.573 e. The maximum Gasteiger partial charge on any atom is 0.573 e. The van der Waals surface area contributed by atoms with Crippen LogP contribution in [0.1, 0.15) is 28.0 Å². The third kappa shape index (κ3) is 3.75. The number of pyridine rings is 1. The molecule has 0 fully saturated rings. The second kappa shape index (κ2) is 5.68. The molecule has 0 unspecified atom stereocenters. The minimum atomic E-state index is -5.24. The van der Waals surface area contributed by atoms with Gasteiger partial charge in [0.1, 0.15) is 0 Å². The molecule has 0 saturated carbocycles. The highest BCUT2D eigenvalue weighted by Gasteiger charge is 2.36. The van der Waals surface area contributed by atoms with Gasteiger partial charge in [-0.3, -0.25) is 4.98 Å². The van der Waals surface area contributed by atoms with Crippen LogP contribution in [0, 0.1) is 0 Å². The van der Waals surface area contributed by atoms with E-state index >= 15 is 0 Å². The molecule has 0 aromatic carbocycles. The van der Waals surface area contributed by atoms with Crippen LogP contribution >= 0.6 is 15.9 Å². The molecule has 0 aliphatic heterocycles. The van der Waals surface area contributed by atoms with Gasteiger partial charge >= 0.3 is 12.3 Å². The van der Waals surface area contributed by atoms with Gasteiger partial charge < -0.3 is 9.84 Å². The second-order valence-electron chi connectivity index (χ2n) is 3.15. The number of hydrogen-bond acceptors (Lipinski definition) is 3. The van der Waals surface area contributed by atoms with E-state index in [4.69, 9.17) is 5.11 Å². The zero-order chi connectivity index (χ0) is 14.8. The molecule has 1 aromatic rings. The summed E-state index contributed by atoms with van der Waals surface area (Å²) < 4.78 is 65.6. The van der Waals surface area contributed by atoms with Crippen molar-refractivity contribution in [2.45, 2.75) is 18.1 Å². The third-order valence-electron chi connectivity index (χ3n) is 1.94. The summed E-state index contributed by atoms with van der Waals surface area (Å²) in [4.78, 5) is 14.1. The quantitative estimate of drug-likeness (QED) is 0.667. The van der Waals surface area contributed by atoms with Gasteiger partial charge in [-0.1, -0.05) is 15.9 Å². The smallest absolute Gasteiger partial charge is 0.478 e. The highest BCUT2D eigenvalue weighted by molar-refractivity contribution is 9.08. The fraction of sp³-hybridized carbons (Fsp3) is 0.333. The number of hydrogen-bond donors (Lipinski definition) is 1. The maximum absolute atomic E-state index is 12.8. The van der Waals surface area contributed by atoms with Gasteiger partial charge in [0, 0.05) is 11.5 Å². The maximum atomic E-state index is 12.8. The molecule has 1 heterocycles. The summed E-state index contributed by atoms with van der Waals surface area (Å²) in [6.07, 6.45) is -8.13. The summed E-state index contributed by atoms with van der Waals surface area (Å²) in [7, 11) is 0. The fourth-order valence-electron chi connectivity index (χ4n) is 1.26. The van der Waals surface area contributed by atoms with Crippen LogP contribution in [-0.4, -0.2) is 22.4 Å². The van der Waals surface area contributed by atoms with Gasteiger partial charge in [-0.15, -0.1) is 13.2 Å². The van der Waals surface area contributed by atoms with E-state index in [9.17, 15) is 26.7 Å². The van der Waals surface area contributed by atoms with Crippen LogP contribution in [0.5, 0.6) is 5.75 Å². The molecule has 1 aromatic heterocycles. The molecule has 0 bridgehead atoms. The summed E-state index contributed by atoms with van der Waals surface area (Å²) in [5.41, 5.74) is -2.87. The molecule has 0 spiro atoms. The summed E-state index contributed by atoms with van der Waals surface area (Å²) in [6, 6.07) is 0. The molecule has 0 radical (unpaired) electrons. The SMILES string of the molecule is O=C(O)c1cnc(CBr)c(OC(F)(F)F)c1C(F)F. The summed E-state index contributed by atoms with van der Waals surface area (Å²) >= 11 is 2.76.